The van der Waals surface area contributed by atoms with Crippen LogP contribution in [0.5, 0.6) is 5.88 Å². The van der Waals surface area contributed by atoms with Gasteiger partial charge >= 0.3 is 0 Å². The third-order valence-electron chi connectivity index (χ3n) is 4.58. The quantitative estimate of drug-likeness (QED) is 0.526. The monoisotopic (exact) mass is 387 g/mol. The average molecular weight is 387 g/mol. The fraction of sp³-hybridized carbons (Fsp3) is 0.182. The van der Waals surface area contributed by atoms with Crippen LogP contribution in [-0.4, -0.2) is 32.0 Å². The van der Waals surface area contributed by atoms with Crippen molar-refractivity contribution in [3.63, 3.8) is 0 Å². The van der Waals surface area contributed by atoms with Crippen molar-refractivity contribution in [2.24, 2.45) is 0 Å². The van der Waals surface area contributed by atoms with Crippen LogP contribution < -0.4 is 10.1 Å². The summed E-state index contributed by atoms with van der Waals surface area (Å²) in [6, 6.07) is 19.1. The zero-order valence-electron chi connectivity index (χ0n) is 16.0. The van der Waals surface area contributed by atoms with Crippen molar-refractivity contribution in [2.75, 3.05) is 6.54 Å². The van der Waals surface area contributed by atoms with E-state index >= 15 is 0 Å². The molecule has 3 heterocycles. The van der Waals surface area contributed by atoms with E-state index in [1.54, 1.807) is 12.1 Å². The van der Waals surface area contributed by atoms with E-state index in [4.69, 9.17) is 4.74 Å². The molecule has 0 aliphatic carbocycles. The van der Waals surface area contributed by atoms with E-state index in [0.29, 0.717) is 24.4 Å². The number of hydrogen-bond acceptors (Lipinski definition) is 5. The first kappa shape index (κ1) is 18.6. The summed E-state index contributed by atoms with van der Waals surface area (Å²) in [5, 5.41) is 11.2. The van der Waals surface area contributed by atoms with Crippen LogP contribution in [0.25, 0.3) is 5.65 Å². The lowest BCUT2D eigenvalue weighted by molar-refractivity contribution is 0.0953. The molecule has 3 aromatic heterocycles. The topological polar surface area (TPSA) is 81.4 Å². The van der Waals surface area contributed by atoms with Gasteiger partial charge < -0.3 is 10.1 Å². The number of ether oxygens (including phenoxy) is 1. The van der Waals surface area contributed by atoms with Crippen LogP contribution in [0.1, 0.15) is 34.8 Å². The zero-order chi connectivity index (χ0) is 20.1. The second-order valence-electron chi connectivity index (χ2n) is 6.61. The highest BCUT2D eigenvalue weighted by Gasteiger charge is 2.11. The minimum atomic E-state index is -0.186. The van der Waals surface area contributed by atoms with Crippen LogP contribution in [-0.2, 0) is 6.42 Å². The molecular formula is C22H21N5O2. The van der Waals surface area contributed by atoms with E-state index in [-0.39, 0.29) is 12.0 Å². The summed E-state index contributed by atoms with van der Waals surface area (Å²) in [5.41, 5.74) is 2.34. The molecule has 146 valence electrons. The number of rotatable bonds is 7. The van der Waals surface area contributed by atoms with Gasteiger partial charge in [-0.05, 0) is 30.7 Å². The van der Waals surface area contributed by atoms with E-state index in [0.717, 1.165) is 17.0 Å². The Morgan fingerprint density at radius 3 is 2.69 bits per heavy atom. The van der Waals surface area contributed by atoms with Gasteiger partial charge in [-0.1, -0.05) is 36.4 Å². The SMILES string of the molecule is CC(Oc1ccc(C(=O)NCCc2nnc3ccccn23)cn1)c1ccccc1. The average Bonchev–Trinajstić information content (AvgIpc) is 3.18. The molecule has 0 spiro atoms. The van der Waals surface area contributed by atoms with Crippen molar-refractivity contribution in [3.05, 3.63) is 90.0 Å². The first-order valence-electron chi connectivity index (χ1n) is 9.45. The lowest BCUT2D eigenvalue weighted by Gasteiger charge is -2.14. The lowest BCUT2D eigenvalue weighted by Crippen LogP contribution is -2.26. The van der Waals surface area contributed by atoms with Crippen molar-refractivity contribution in [1.29, 1.82) is 0 Å². The third kappa shape index (κ3) is 4.40. The van der Waals surface area contributed by atoms with E-state index in [1.165, 1.54) is 6.20 Å². The van der Waals surface area contributed by atoms with Crippen LogP contribution in [0.3, 0.4) is 0 Å². The van der Waals surface area contributed by atoms with Gasteiger partial charge in [-0.3, -0.25) is 9.20 Å². The number of carbonyl (C=O) groups is 1. The highest BCUT2D eigenvalue weighted by atomic mass is 16.5. The van der Waals surface area contributed by atoms with Gasteiger partial charge in [-0.2, -0.15) is 0 Å². The van der Waals surface area contributed by atoms with E-state index in [9.17, 15) is 4.79 Å². The van der Waals surface area contributed by atoms with Crippen molar-refractivity contribution < 1.29 is 9.53 Å². The molecule has 7 heteroatoms. The lowest BCUT2D eigenvalue weighted by atomic mass is 10.1. The molecule has 0 radical (unpaired) electrons. The normalized spacial score (nSPS) is 11.9. The van der Waals surface area contributed by atoms with Crippen molar-refractivity contribution in [3.8, 4) is 5.88 Å². The highest BCUT2D eigenvalue weighted by molar-refractivity contribution is 5.93. The molecule has 0 fully saturated rings. The Labute approximate surface area is 168 Å². The van der Waals surface area contributed by atoms with Crippen LogP contribution in [0, 0.1) is 0 Å². The maximum Gasteiger partial charge on any atom is 0.252 e. The summed E-state index contributed by atoms with van der Waals surface area (Å²) in [6.07, 6.45) is 3.89. The molecule has 1 amide bonds. The summed E-state index contributed by atoms with van der Waals surface area (Å²) in [5.74, 6) is 1.10. The summed E-state index contributed by atoms with van der Waals surface area (Å²) in [4.78, 5) is 16.6. The molecule has 1 atom stereocenters. The number of amides is 1. The Bertz CT molecular complexity index is 1090. The summed E-state index contributed by atoms with van der Waals surface area (Å²) in [7, 11) is 0. The number of nitrogens with zero attached hydrogens (tertiary/aromatic N) is 4. The molecule has 0 saturated heterocycles. The Kier molecular flexibility index (Phi) is 5.47. The first-order valence-corrected chi connectivity index (χ1v) is 9.45. The van der Waals surface area contributed by atoms with Gasteiger partial charge in [-0.15, -0.1) is 10.2 Å². The molecule has 4 aromatic rings. The number of aromatic nitrogens is 4. The molecule has 1 unspecified atom stereocenters. The molecule has 0 aliphatic rings. The Morgan fingerprint density at radius 1 is 1.07 bits per heavy atom. The smallest absolute Gasteiger partial charge is 0.252 e. The van der Waals surface area contributed by atoms with E-state index < -0.39 is 0 Å². The maximum atomic E-state index is 12.4. The number of nitrogens with one attached hydrogen (secondary N) is 1. The maximum absolute atomic E-state index is 12.4. The van der Waals surface area contributed by atoms with Gasteiger partial charge in [0, 0.05) is 31.4 Å². The fourth-order valence-electron chi connectivity index (χ4n) is 3.01. The van der Waals surface area contributed by atoms with Crippen molar-refractivity contribution in [2.45, 2.75) is 19.4 Å². The molecule has 0 aliphatic heterocycles. The van der Waals surface area contributed by atoms with E-state index in [2.05, 4.69) is 20.5 Å². The molecule has 29 heavy (non-hydrogen) atoms. The molecule has 1 aromatic carbocycles. The van der Waals surface area contributed by atoms with Gasteiger partial charge in [-0.25, -0.2) is 4.98 Å². The number of hydrogen-bond donors (Lipinski definition) is 1. The van der Waals surface area contributed by atoms with Crippen LogP contribution in [0.15, 0.2) is 73.1 Å². The zero-order valence-corrected chi connectivity index (χ0v) is 16.0. The van der Waals surface area contributed by atoms with Crippen LogP contribution in [0.2, 0.25) is 0 Å². The van der Waals surface area contributed by atoms with Gasteiger partial charge in [0.15, 0.2) is 5.65 Å². The number of pyridine rings is 2. The minimum absolute atomic E-state index is 0.124. The van der Waals surface area contributed by atoms with Gasteiger partial charge in [0.25, 0.3) is 5.91 Å². The molecule has 4 rings (SSSR count). The Hall–Kier alpha value is -3.74. The summed E-state index contributed by atoms with van der Waals surface area (Å²) in [6.45, 7) is 2.42. The van der Waals surface area contributed by atoms with Crippen LogP contribution in [0.4, 0.5) is 0 Å². The largest absolute Gasteiger partial charge is 0.470 e. The number of fused-ring (bicyclic) bond motifs is 1. The molecule has 0 saturated carbocycles. The Morgan fingerprint density at radius 2 is 1.90 bits per heavy atom. The molecule has 1 N–H and O–H groups in total. The number of benzene rings is 1. The van der Waals surface area contributed by atoms with E-state index in [1.807, 2.05) is 66.1 Å². The Balaban J connectivity index is 1.31. The molecule has 0 bridgehead atoms. The summed E-state index contributed by atoms with van der Waals surface area (Å²) < 4.78 is 7.76. The van der Waals surface area contributed by atoms with Crippen LogP contribution >= 0.6 is 0 Å². The standard InChI is InChI=1S/C22H21N5O2/c1-16(17-7-3-2-4-8-17)29-21-11-10-18(15-24-21)22(28)23-13-12-20-26-25-19-9-5-6-14-27(19)20/h2-11,14-16H,12-13H2,1H3,(H,23,28). The minimum Gasteiger partial charge on any atom is -0.470 e. The third-order valence-corrected chi connectivity index (χ3v) is 4.58. The second kappa shape index (κ2) is 8.52. The highest BCUT2D eigenvalue weighted by Crippen LogP contribution is 2.19. The van der Waals surface area contributed by atoms with Crippen molar-refractivity contribution >= 4 is 11.6 Å². The number of carbonyl (C=O) groups excluding carboxylic acids is 1. The fourth-order valence-corrected chi connectivity index (χ4v) is 3.01. The van der Waals surface area contributed by atoms with Crippen molar-refractivity contribution in [1.82, 2.24) is 24.9 Å². The predicted octanol–water partition coefficient (Wildman–Crippen LogP) is 3.24. The van der Waals surface area contributed by atoms with Gasteiger partial charge in [0.05, 0.1) is 5.56 Å². The molecule has 7 nitrogen and oxygen atoms in total. The summed E-state index contributed by atoms with van der Waals surface area (Å²) >= 11 is 0. The second-order valence-corrected chi connectivity index (χ2v) is 6.61. The van der Waals surface area contributed by atoms with Gasteiger partial charge in [0.1, 0.15) is 11.9 Å². The van der Waals surface area contributed by atoms with Gasteiger partial charge in [0.2, 0.25) is 5.88 Å². The predicted molar refractivity (Wildman–Crippen MR) is 109 cm³/mol. The molecular weight excluding hydrogens is 366 g/mol. The first-order chi connectivity index (χ1) is 14.2.